The average Bonchev–Trinajstić information content (AvgIpc) is 2.26. The molecule has 1 aromatic carbocycles. The molecule has 3 N–H and O–H groups in total. The van der Waals surface area contributed by atoms with E-state index in [2.05, 4.69) is 5.32 Å². The summed E-state index contributed by atoms with van der Waals surface area (Å²) in [6.07, 6.45) is 0.868. The fourth-order valence-electron chi connectivity index (χ4n) is 1.27. The average molecular weight is 241 g/mol. The molecule has 0 spiro atoms. The fourth-order valence-corrected chi connectivity index (χ4v) is 1.33. The number of amides is 2. The third kappa shape index (κ3) is 4.31. The lowest BCUT2D eigenvalue weighted by atomic mass is 10.1. The van der Waals surface area contributed by atoms with Crippen molar-refractivity contribution in [1.82, 2.24) is 0 Å². The van der Waals surface area contributed by atoms with Crippen molar-refractivity contribution < 1.29 is 9.59 Å². The first-order valence-corrected chi connectivity index (χ1v) is 5.38. The summed E-state index contributed by atoms with van der Waals surface area (Å²) in [7, 11) is 0. The summed E-state index contributed by atoms with van der Waals surface area (Å²) in [6.45, 7) is 0. The first-order chi connectivity index (χ1) is 7.61. The van der Waals surface area contributed by atoms with Crippen LogP contribution in [-0.4, -0.2) is 17.7 Å². The molecular formula is C11H13ClN2O2. The van der Waals surface area contributed by atoms with E-state index in [1.54, 1.807) is 18.2 Å². The molecule has 5 heteroatoms. The Hall–Kier alpha value is -1.55. The highest BCUT2D eigenvalue weighted by Gasteiger charge is 2.02. The van der Waals surface area contributed by atoms with Crippen molar-refractivity contribution in [1.29, 1.82) is 0 Å². The predicted octanol–water partition coefficient (Wildman–Crippen LogP) is 1.28. The van der Waals surface area contributed by atoms with Crippen molar-refractivity contribution in [3.05, 3.63) is 29.8 Å². The van der Waals surface area contributed by atoms with Gasteiger partial charge in [0.15, 0.2) is 0 Å². The number of nitrogens with two attached hydrogens (primary N) is 1. The molecule has 4 nitrogen and oxygen atoms in total. The van der Waals surface area contributed by atoms with Crippen molar-refractivity contribution in [2.45, 2.75) is 12.8 Å². The van der Waals surface area contributed by atoms with E-state index in [9.17, 15) is 9.59 Å². The predicted molar refractivity (Wildman–Crippen MR) is 63.3 cm³/mol. The molecule has 1 aromatic rings. The number of aryl methyl sites for hydroxylation is 1. The Balaban J connectivity index is 2.63. The van der Waals surface area contributed by atoms with Crippen LogP contribution in [0.15, 0.2) is 24.3 Å². The molecule has 0 atom stereocenters. The summed E-state index contributed by atoms with van der Waals surface area (Å²) in [6, 6.07) is 7.24. The standard InChI is InChI=1S/C11H13ClN2O2/c12-7-11(16)14-9-3-1-2-8(6-9)4-5-10(13)15/h1-3,6H,4-5,7H2,(H2,13,15)(H,14,16). The molecule has 0 aliphatic heterocycles. The minimum absolute atomic E-state index is 0.0779. The maximum atomic E-state index is 11.0. The van der Waals surface area contributed by atoms with Gasteiger partial charge in [0.1, 0.15) is 5.88 Å². The molecule has 0 aliphatic rings. The van der Waals surface area contributed by atoms with Gasteiger partial charge >= 0.3 is 0 Å². The molecule has 0 aromatic heterocycles. The minimum atomic E-state index is -0.338. The molecule has 16 heavy (non-hydrogen) atoms. The number of rotatable bonds is 5. The SMILES string of the molecule is NC(=O)CCc1cccc(NC(=O)CCl)c1. The Morgan fingerprint density at radius 1 is 1.38 bits per heavy atom. The molecule has 0 fully saturated rings. The Labute approximate surface area is 98.8 Å². The Morgan fingerprint density at radius 3 is 2.75 bits per heavy atom. The number of benzene rings is 1. The molecule has 0 unspecified atom stereocenters. The number of alkyl halides is 1. The van der Waals surface area contributed by atoms with Crippen molar-refractivity contribution >= 4 is 29.1 Å². The van der Waals surface area contributed by atoms with Crippen LogP contribution in [0.1, 0.15) is 12.0 Å². The van der Waals surface area contributed by atoms with Gasteiger partial charge in [0.2, 0.25) is 11.8 Å². The van der Waals surface area contributed by atoms with Crippen molar-refractivity contribution in [3.63, 3.8) is 0 Å². The highest BCUT2D eigenvalue weighted by atomic mass is 35.5. The van der Waals surface area contributed by atoms with Crippen LogP contribution in [0.4, 0.5) is 5.69 Å². The summed E-state index contributed by atoms with van der Waals surface area (Å²) in [5, 5.41) is 2.63. The molecule has 0 radical (unpaired) electrons. The molecule has 0 heterocycles. The fraction of sp³-hybridized carbons (Fsp3) is 0.273. The van der Waals surface area contributed by atoms with Crippen LogP contribution in [0.5, 0.6) is 0 Å². The second-order valence-electron chi connectivity index (χ2n) is 3.35. The lowest BCUT2D eigenvalue weighted by Crippen LogP contribution is -2.13. The molecule has 1 rings (SSSR count). The van der Waals surface area contributed by atoms with Gasteiger partial charge in [-0.25, -0.2) is 0 Å². The minimum Gasteiger partial charge on any atom is -0.370 e. The number of primary amides is 1. The number of hydrogen-bond donors (Lipinski definition) is 2. The van der Waals surface area contributed by atoms with Crippen molar-refractivity contribution in [2.24, 2.45) is 5.73 Å². The van der Waals surface area contributed by atoms with E-state index in [-0.39, 0.29) is 17.7 Å². The second kappa shape index (κ2) is 6.12. The van der Waals surface area contributed by atoms with E-state index >= 15 is 0 Å². The van der Waals surface area contributed by atoms with Gasteiger partial charge in [0, 0.05) is 12.1 Å². The smallest absolute Gasteiger partial charge is 0.239 e. The van der Waals surface area contributed by atoms with Gasteiger partial charge in [-0.3, -0.25) is 9.59 Å². The zero-order valence-electron chi connectivity index (χ0n) is 8.70. The molecule has 86 valence electrons. The number of halogens is 1. The van der Waals surface area contributed by atoms with Crippen LogP contribution in [0.3, 0.4) is 0 Å². The normalized spacial score (nSPS) is 9.81. The summed E-state index contributed by atoms with van der Waals surface area (Å²) < 4.78 is 0. The highest BCUT2D eigenvalue weighted by Crippen LogP contribution is 2.12. The molecule has 2 amide bonds. The number of anilines is 1. The second-order valence-corrected chi connectivity index (χ2v) is 3.62. The Kier molecular flexibility index (Phi) is 4.79. The van der Waals surface area contributed by atoms with Crippen LogP contribution in [0.25, 0.3) is 0 Å². The van der Waals surface area contributed by atoms with E-state index < -0.39 is 0 Å². The van der Waals surface area contributed by atoms with Gasteiger partial charge in [-0.2, -0.15) is 0 Å². The van der Waals surface area contributed by atoms with Gasteiger partial charge in [0.05, 0.1) is 0 Å². The zero-order chi connectivity index (χ0) is 12.0. The number of hydrogen-bond acceptors (Lipinski definition) is 2. The third-order valence-electron chi connectivity index (χ3n) is 1.99. The third-order valence-corrected chi connectivity index (χ3v) is 2.23. The molecular weight excluding hydrogens is 228 g/mol. The van der Waals surface area contributed by atoms with Gasteiger partial charge in [-0.05, 0) is 24.1 Å². The highest BCUT2D eigenvalue weighted by molar-refractivity contribution is 6.29. The lowest BCUT2D eigenvalue weighted by molar-refractivity contribution is -0.118. The van der Waals surface area contributed by atoms with Crippen LogP contribution < -0.4 is 11.1 Å². The lowest BCUT2D eigenvalue weighted by Gasteiger charge is -2.05. The van der Waals surface area contributed by atoms with E-state index in [4.69, 9.17) is 17.3 Å². The molecule has 0 aliphatic carbocycles. The zero-order valence-corrected chi connectivity index (χ0v) is 9.46. The van der Waals surface area contributed by atoms with E-state index in [0.29, 0.717) is 18.5 Å². The summed E-state index contributed by atoms with van der Waals surface area (Å²) in [5.41, 5.74) is 6.68. The monoisotopic (exact) mass is 240 g/mol. The van der Waals surface area contributed by atoms with Gasteiger partial charge < -0.3 is 11.1 Å². The topological polar surface area (TPSA) is 72.2 Å². The first kappa shape index (κ1) is 12.5. The molecule has 0 saturated heterocycles. The van der Waals surface area contributed by atoms with E-state index in [0.717, 1.165) is 5.56 Å². The van der Waals surface area contributed by atoms with E-state index in [1.807, 2.05) is 6.07 Å². The maximum absolute atomic E-state index is 11.0. The van der Waals surface area contributed by atoms with Crippen molar-refractivity contribution in [2.75, 3.05) is 11.2 Å². The first-order valence-electron chi connectivity index (χ1n) is 4.85. The van der Waals surface area contributed by atoms with Crippen LogP contribution in [0, 0.1) is 0 Å². The molecule has 0 saturated carbocycles. The quantitative estimate of drug-likeness (QED) is 0.761. The Morgan fingerprint density at radius 2 is 2.12 bits per heavy atom. The Bertz CT molecular complexity index is 393. The van der Waals surface area contributed by atoms with Gasteiger partial charge in [0.25, 0.3) is 0 Å². The largest absolute Gasteiger partial charge is 0.370 e. The van der Waals surface area contributed by atoms with Crippen LogP contribution in [-0.2, 0) is 16.0 Å². The maximum Gasteiger partial charge on any atom is 0.239 e. The molecule has 0 bridgehead atoms. The number of carbonyl (C=O) groups is 2. The summed E-state index contributed by atoms with van der Waals surface area (Å²) >= 11 is 5.37. The van der Waals surface area contributed by atoms with Crippen LogP contribution in [0.2, 0.25) is 0 Å². The van der Waals surface area contributed by atoms with Gasteiger partial charge in [-0.1, -0.05) is 12.1 Å². The van der Waals surface area contributed by atoms with Crippen LogP contribution >= 0.6 is 11.6 Å². The summed E-state index contributed by atoms with van der Waals surface area (Å²) in [4.78, 5) is 21.7. The number of nitrogens with one attached hydrogen (secondary N) is 1. The van der Waals surface area contributed by atoms with E-state index in [1.165, 1.54) is 0 Å². The van der Waals surface area contributed by atoms with Crippen molar-refractivity contribution in [3.8, 4) is 0 Å². The van der Waals surface area contributed by atoms with Gasteiger partial charge in [-0.15, -0.1) is 11.6 Å². The summed E-state index contributed by atoms with van der Waals surface area (Å²) in [5.74, 6) is -0.671. The number of carbonyl (C=O) groups excluding carboxylic acids is 2.